The lowest BCUT2D eigenvalue weighted by Gasteiger charge is -2.28. The molecule has 1 fully saturated rings. The highest BCUT2D eigenvalue weighted by atomic mass is 35.5. The molecule has 2 aromatic carbocycles. The molecule has 0 aromatic heterocycles. The van der Waals surface area contributed by atoms with Crippen LogP contribution in [0.4, 0.5) is 4.39 Å². The number of ether oxygens (including phenoxy) is 2. The van der Waals surface area contributed by atoms with Crippen molar-refractivity contribution in [3.63, 3.8) is 0 Å². The molecular formula is C30H41ClFNO4. The highest BCUT2D eigenvalue weighted by Crippen LogP contribution is 2.28. The second-order valence-corrected chi connectivity index (χ2v) is 10.2. The number of carbonyl (C=O) groups is 1. The first-order valence-corrected chi connectivity index (χ1v) is 14.0. The molecule has 1 saturated heterocycles. The summed E-state index contributed by atoms with van der Waals surface area (Å²) < 4.78 is 25.3. The van der Waals surface area contributed by atoms with Crippen molar-refractivity contribution >= 4 is 17.6 Å². The minimum absolute atomic E-state index is 0.163. The second-order valence-electron chi connectivity index (χ2n) is 9.81. The number of halogens is 2. The van der Waals surface area contributed by atoms with Crippen LogP contribution in [-0.2, 0) is 33.5 Å². The third-order valence-electron chi connectivity index (χ3n) is 7.13. The first-order chi connectivity index (χ1) is 17.8. The Labute approximate surface area is 225 Å². The van der Waals surface area contributed by atoms with Crippen LogP contribution < -0.4 is 0 Å². The molecule has 0 saturated carbocycles. The van der Waals surface area contributed by atoms with E-state index in [9.17, 15) is 14.3 Å². The van der Waals surface area contributed by atoms with Gasteiger partial charge in [0.15, 0.2) is 0 Å². The number of aryl methyl sites for hydroxylation is 2. The molecule has 1 aliphatic heterocycles. The molecular weight excluding hydrogens is 493 g/mol. The number of β-amino-alcohol motifs (C(OH)–C–C–N with tert-alkyl or cyclic N) is 1. The Hall–Kier alpha value is -1.99. The SMILES string of the molecule is CCOC(=O)CCc1ccc(F)cc1[C@@H](CC)OCC(O)CN1CCC[C@H]1Cc1ccc(Cl)c(CC)c1. The summed E-state index contributed by atoms with van der Waals surface area (Å²) in [6.45, 7) is 7.85. The summed E-state index contributed by atoms with van der Waals surface area (Å²) in [6.07, 6.45) is 4.35. The third-order valence-corrected chi connectivity index (χ3v) is 7.49. The van der Waals surface area contributed by atoms with Crippen LogP contribution in [0.15, 0.2) is 36.4 Å². The van der Waals surface area contributed by atoms with Gasteiger partial charge >= 0.3 is 5.97 Å². The van der Waals surface area contributed by atoms with Gasteiger partial charge in [-0.25, -0.2) is 4.39 Å². The fourth-order valence-corrected chi connectivity index (χ4v) is 5.46. The zero-order valence-electron chi connectivity index (χ0n) is 22.3. The molecule has 204 valence electrons. The molecule has 1 heterocycles. The van der Waals surface area contributed by atoms with Crippen LogP contribution in [0, 0.1) is 5.82 Å². The molecule has 37 heavy (non-hydrogen) atoms. The lowest BCUT2D eigenvalue weighted by atomic mass is 9.97. The number of likely N-dealkylation sites (tertiary alicyclic amines) is 1. The Bertz CT molecular complexity index is 1020. The Kier molecular flexibility index (Phi) is 11.8. The number of rotatable bonds is 14. The van der Waals surface area contributed by atoms with E-state index in [0.29, 0.717) is 32.0 Å². The van der Waals surface area contributed by atoms with E-state index in [1.807, 2.05) is 13.0 Å². The lowest BCUT2D eigenvalue weighted by Crippen LogP contribution is -2.39. The van der Waals surface area contributed by atoms with Gasteiger partial charge in [0.05, 0.1) is 25.4 Å². The maximum atomic E-state index is 14.1. The molecule has 1 aliphatic rings. The van der Waals surface area contributed by atoms with Crippen molar-refractivity contribution in [1.29, 1.82) is 0 Å². The predicted octanol–water partition coefficient (Wildman–Crippen LogP) is 6.07. The van der Waals surface area contributed by atoms with E-state index in [-0.39, 0.29) is 30.9 Å². The highest BCUT2D eigenvalue weighted by Gasteiger charge is 2.27. The first kappa shape index (κ1) is 29.6. The van der Waals surface area contributed by atoms with E-state index < -0.39 is 6.10 Å². The van der Waals surface area contributed by atoms with Crippen molar-refractivity contribution in [1.82, 2.24) is 4.90 Å². The van der Waals surface area contributed by atoms with Gasteiger partial charge in [0.1, 0.15) is 5.82 Å². The Morgan fingerprint density at radius 3 is 2.73 bits per heavy atom. The van der Waals surface area contributed by atoms with Gasteiger partial charge in [0.2, 0.25) is 0 Å². The molecule has 5 nitrogen and oxygen atoms in total. The zero-order chi connectivity index (χ0) is 26.8. The summed E-state index contributed by atoms with van der Waals surface area (Å²) in [5.41, 5.74) is 4.04. The molecule has 2 aromatic rings. The number of carbonyl (C=O) groups excluding carboxylic acids is 1. The van der Waals surface area contributed by atoms with Crippen molar-refractivity contribution in [3.8, 4) is 0 Å². The topological polar surface area (TPSA) is 59.0 Å². The highest BCUT2D eigenvalue weighted by molar-refractivity contribution is 6.31. The van der Waals surface area contributed by atoms with E-state index in [4.69, 9.17) is 21.1 Å². The Balaban J connectivity index is 1.57. The number of benzene rings is 2. The number of esters is 1. The molecule has 0 radical (unpaired) electrons. The van der Waals surface area contributed by atoms with Gasteiger partial charge in [0, 0.05) is 24.0 Å². The number of nitrogens with zero attached hydrogens (tertiary/aromatic N) is 1. The summed E-state index contributed by atoms with van der Waals surface area (Å²) in [7, 11) is 0. The van der Waals surface area contributed by atoms with Gasteiger partial charge in [-0.05, 0) is 92.4 Å². The predicted molar refractivity (Wildman–Crippen MR) is 145 cm³/mol. The molecule has 0 aliphatic carbocycles. The van der Waals surface area contributed by atoms with Gasteiger partial charge in [-0.3, -0.25) is 9.69 Å². The summed E-state index contributed by atoms with van der Waals surface area (Å²) in [6, 6.07) is 11.3. The van der Waals surface area contributed by atoms with Crippen LogP contribution in [0.1, 0.15) is 74.8 Å². The fraction of sp³-hybridized carbons (Fsp3) is 0.567. The average Bonchev–Trinajstić information content (AvgIpc) is 3.31. The fourth-order valence-electron chi connectivity index (χ4n) is 5.21. The number of aliphatic hydroxyl groups excluding tert-OH is 1. The van der Waals surface area contributed by atoms with Gasteiger partial charge in [0.25, 0.3) is 0 Å². The molecule has 0 amide bonds. The van der Waals surface area contributed by atoms with Crippen molar-refractivity contribution in [2.75, 3.05) is 26.3 Å². The monoisotopic (exact) mass is 533 g/mol. The average molecular weight is 534 g/mol. The van der Waals surface area contributed by atoms with Crippen LogP contribution >= 0.6 is 11.6 Å². The number of hydrogen-bond acceptors (Lipinski definition) is 5. The molecule has 3 rings (SSSR count). The number of hydrogen-bond donors (Lipinski definition) is 1. The Morgan fingerprint density at radius 1 is 1.19 bits per heavy atom. The summed E-state index contributed by atoms with van der Waals surface area (Å²) in [5, 5.41) is 11.7. The lowest BCUT2D eigenvalue weighted by molar-refractivity contribution is -0.143. The molecule has 0 bridgehead atoms. The first-order valence-electron chi connectivity index (χ1n) is 13.6. The zero-order valence-corrected chi connectivity index (χ0v) is 23.1. The summed E-state index contributed by atoms with van der Waals surface area (Å²) in [5.74, 6) is -0.613. The van der Waals surface area contributed by atoms with E-state index in [0.717, 1.165) is 48.4 Å². The van der Waals surface area contributed by atoms with Crippen LogP contribution in [0.25, 0.3) is 0 Å². The number of aliphatic hydroxyl groups is 1. The van der Waals surface area contributed by atoms with E-state index in [1.165, 1.54) is 23.3 Å². The van der Waals surface area contributed by atoms with Gasteiger partial charge in [-0.15, -0.1) is 0 Å². The Morgan fingerprint density at radius 2 is 2.00 bits per heavy atom. The molecule has 0 spiro atoms. The van der Waals surface area contributed by atoms with Crippen LogP contribution in [-0.4, -0.2) is 54.4 Å². The standard InChI is InChI=1S/C30H41ClFNO4/c1-4-22-16-21(9-13-28(22)31)17-25-8-7-15-33(25)19-26(34)20-37-29(5-2)27-18-24(32)12-10-23(27)11-14-30(35)36-6-3/h9-10,12-13,16,18,25-26,29,34H,4-8,11,14-15,17,19-20H2,1-3H3/t25-,26?,29+/m0/s1. The quantitative estimate of drug-likeness (QED) is 0.298. The van der Waals surface area contributed by atoms with Crippen molar-refractivity contribution in [2.24, 2.45) is 0 Å². The third kappa shape index (κ3) is 8.78. The minimum Gasteiger partial charge on any atom is -0.466 e. The molecule has 7 heteroatoms. The van der Waals surface area contributed by atoms with Crippen LogP contribution in [0.2, 0.25) is 5.02 Å². The van der Waals surface area contributed by atoms with E-state index in [2.05, 4.69) is 24.0 Å². The van der Waals surface area contributed by atoms with Gasteiger partial charge in [-0.2, -0.15) is 0 Å². The smallest absolute Gasteiger partial charge is 0.306 e. The van der Waals surface area contributed by atoms with Crippen LogP contribution in [0.3, 0.4) is 0 Å². The van der Waals surface area contributed by atoms with Crippen molar-refractivity contribution < 1.29 is 23.8 Å². The van der Waals surface area contributed by atoms with E-state index >= 15 is 0 Å². The molecule has 1 N–H and O–H groups in total. The maximum Gasteiger partial charge on any atom is 0.306 e. The normalized spacial score (nSPS) is 17.6. The minimum atomic E-state index is -0.650. The maximum absolute atomic E-state index is 14.1. The summed E-state index contributed by atoms with van der Waals surface area (Å²) in [4.78, 5) is 14.2. The van der Waals surface area contributed by atoms with E-state index in [1.54, 1.807) is 13.0 Å². The van der Waals surface area contributed by atoms with Crippen molar-refractivity contribution in [2.45, 2.75) is 84.0 Å². The molecule has 3 atom stereocenters. The molecule has 1 unspecified atom stereocenters. The van der Waals surface area contributed by atoms with Crippen molar-refractivity contribution in [3.05, 3.63) is 69.5 Å². The van der Waals surface area contributed by atoms with Crippen LogP contribution in [0.5, 0.6) is 0 Å². The summed E-state index contributed by atoms with van der Waals surface area (Å²) >= 11 is 6.29. The van der Waals surface area contributed by atoms with Gasteiger partial charge in [-0.1, -0.05) is 43.6 Å². The second kappa shape index (κ2) is 14.8. The largest absolute Gasteiger partial charge is 0.466 e. The van der Waals surface area contributed by atoms with Gasteiger partial charge < -0.3 is 14.6 Å².